The summed E-state index contributed by atoms with van der Waals surface area (Å²) >= 11 is 0. The predicted molar refractivity (Wildman–Crippen MR) is 109 cm³/mol. The van der Waals surface area contributed by atoms with E-state index in [-0.39, 0.29) is 82.1 Å². The Morgan fingerprint density at radius 3 is 1.42 bits per heavy atom. The van der Waals surface area contributed by atoms with Crippen LogP contribution in [0, 0.1) is 11.8 Å². The molecule has 0 saturated heterocycles. The smallest absolute Gasteiger partial charge is 0.548 e. The Morgan fingerprint density at radius 1 is 0.871 bits per heavy atom. The van der Waals surface area contributed by atoms with Crippen LogP contribution in [0.15, 0.2) is 22.1 Å². The Bertz CT molecular complexity index is 758. The van der Waals surface area contributed by atoms with Gasteiger partial charge in [-0.15, -0.1) is 0 Å². The van der Waals surface area contributed by atoms with Crippen molar-refractivity contribution in [2.45, 2.75) is 66.0 Å². The third kappa shape index (κ3) is 9.76. The second-order valence-electron chi connectivity index (χ2n) is 8.83. The van der Waals surface area contributed by atoms with E-state index < -0.39 is 24.0 Å². The third-order valence-corrected chi connectivity index (χ3v) is 4.53. The Hall–Kier alpha value is -0.700. The molecule has 0 unspecified atom stereocenters. The van der Waals surface area contributed by atoms with Crippen LogP contribution < -0.4 is 69.3 Å². The molecule has 0 fully saturated rings. The number of benzene rings is 1. The second-order valence-corrected chi connectivity index (χ2v) is 8.83. The van der Waals surface area contributed by atoms with Crippen molar-refractivity contribution >= 4 is 24.4 Å². The van der Waals surface area contributed by atoms with Crippen molar-refractivity contribution in [2.24, 2.45) is 21.8 Å². The van der Waals surface area contributed by atoms with Crippen molar-refractivity contribution < 1.29 is 84.0 Å². The van der Waals surface area contributed by atoms with Gasteiger partial charge in [0.05, 0.1) is 24.0 Å². The molecule has 1 N–H and O–H groups in total. The molecule has 0 spiro atoms. The van der Waals surface area contributed by atoms with Crippen molar-refractivity contribution in [2.75, 3.05) is 0 Å². The average molecular weight is 448 g/mol. The summed E-state index contributed by atoms with van der Waals surface area (Å²) < 4.78 is 0. The Balaban J connectivity index is 0. The molecule has 31 heavy (non-hydrogen) atoms. The number of nitrogens with zero attached hydrogens (tertiary/aromatic N) is 2. The van der Waals surface area contributed by atoms with E-state index in [2.05, 4.69) is 9.98 Å². The first-order chi connectivity index (χ1) is 13.3. The molecule has 1 aromatic rings. The summed E-state index contributed by atoms with van der Waals surface area (Å²) in [7, 11) is 0. The van der Waals surface area contributed by atoms with Gasteiger partial charge in [-0.25, -0.2) is 0 Å². The van der Waals surface area contributed by atoms with Crippen LogP contribution in [0.4, 0.5) is 0 Å². The number of carbonyl (C=O) groups excluding carboxylic acids is 2. The van der Waals surface area contributed by atoms with E-state index in [9.17, 15) is 24.9 Å². The van der Waals surface area contributed by atoms with Crippen molar-refractivity contribution in [3.63, 3.8) is 0 Å². The van der Waals surface area contributed by atoms with Crippen LogP contribution in [0.5, 0.6) is 5.75 Å². The van der Waals surface area contributed by atoms with Crippen molar-refractivity contribution in [1.82, 2.24) is 0 Å². The van der Waals surface area contributed by atoms with Gasteiger partial charge in [0.25, 0.3) is 0 Å². The van der Waals surface area contributed by atoms with Gasteiger partial charge in [0.15, 0.2) is 0 Å². The first kappa shape index (κ1) is 32.5. The minimum Gasteiger partial charge on any atom is -0.548 e. The molecule has 160 valence electrons. The summed E-state index contributed by atoms with van der Waals surface area (Å²) in [6.07, 6.45) is 2.61. The molecule has 2 atom stereocenters. The van der Waals surface area contributed by atoms with E-state index in [1.54, 1.807) is 39.8 Å². The molecule has 0 aliphatic carbocycles. The molecule has 0 aliphatic heterocycles. The fourth-order valence-electron chi connectivity index (χ4n) is 2.64. The van der Waals surface area contributed by atoms with Crippen molar-refractivity contribution in [3.8, 4) is 5.75 Å². The van der Waals surface area contributed by atoms with Crippen LogP contribution in [0.2, 0.25) is 0 Å². The van der Waals surface area contributed by atoms with Crippen molar-refractivity contribution in [3.05, 3.63) is 28.8 Å². The van der Waals surface area contributed by atoms with E-state index in [0.29, 0.717) is 11.1 Å². The van der Waals surface area contributed by atoms with Gasteiger partial charge < -0.3 is 24.9 Å². The van der Waals surface area contributed by atoms with Gasteiger partial charge in [-0.3, -0.25) is 9.98 Å². The molecule has 7 nitrogen and oxygen atoms in total. The zero-order valence-electron chi connectivity index (χ0n) is 20.1. The summed E-state index contributed by atoms with van der Waals surface area (Å²) in [6, 6.07) is 1.35. The SMILES string of the molecule is CC(C)[C@H](N=Cc1cc(C(C)(C)C)cc(C=N[C@H](C(=O)[O-])C(C)C)c1O)C(=O)[O-].[Na+].[Na+]. The molecule has 0 saturated carbocycles. The molecule has 0 radical (unpaired) electrons. The normalized spacial score (nSPS) is 13.8. The van der Waals surface area contributed by atoms with Gasteiger partial charge in [0.2, 0.25) is 0 Å². The predicted octanol–water partition coefficient (Wildman–Crippen LogP) is -4.92. The van der Waals surface area contributed by atoms with E-state index >= 15 is 0 Å². The van der Waals surface area contributed by atoms with E-state index in [4.69, 9.17) is 0 Å². The Labute approximate surface area is 229 Å². The van der Waals surface area contributed by atoms with E-state index in [1.165, 1.54) is 12.4 Å². The van der Waals surface area contributed by atoms with Gasteiger partial charge in [-0.2, -0.15) is 0 Å². The second kappa shape index (κ2) is 13.8. The van der Waals surface area contributed by atoms with Crippen LogP contribution >= 0.6 is 0 Å². The first-order valence-corrected chi connectivity index (χ1v) is 9.61. The Morgan fingerprint density at radius 2 is 1.19 bits per heavy atom. The van der Waals surface area contributed by atoms with Crippen LogP contribution in [-0.2, 0) is 15.0 Å². The maximum absolute atomic E-state index is 11.3. The van der Waals surface area contributed by atoms with Gasteiger partial charge in [0.1, 0.15) is 5.75 Å². The summed E-state index contributed by atoms with van der Waals surface area (Å²) in [5, 5.41) is 33.2. The van der Waals surface area contributed by atoms with Gasteiger partial charge in [0, 0.05) is 23.6 Å². The molecule has 1 rings (SSSR count). The minimum absolute atomic E-state index is 0. The molecule has 9 heteroatoms. The fraction of sp³-hybridized carbons (Fsp3) is 0.545. The maximum Gasteiger partial charge on any atom is 1.00 e. The fourth-order valence-corrected chi connectivity index (χ4v) is 2.64. The Kier molecular flexibility index (Phi) is 14.4. The number of aliphatic carboxylic acids is 2. The van der Waals surface area contributed by atoms with Gasteiger partial charge >= 0.3 is 59.1 Å². The number of carbonyl (C=O) groups is 2. The number of hydrogen-bond acceptors (Lipinski definition) is 7. The van der Waals surface area contributed by atoms with Crippen LogP contribution in [-0.4, -0.2) is 41.6 Å². The number of hydrogen-bond donors (Lipinski definition) is 1. The zero-order valence-corrected chi connectivity index (χ0v) is 24.1. The zero-order chi connectivity index (χ0) is 22.5. The van der Waals surface area contributed by atoms with Crippen molar-refractivity contribution in [1.29, 1.82) is 0 Å². The summed E-state index contributed by atoms with van der Waals surface area (Å²) in [5.41, 5.74) is 1.21. The number of carboxylic acids is 2. The third-order valence-electron chi connectivity index (χ3n) is 4.53. The summed E-state index contributed by atoms with van der Waals surface area (Å²) in [4.78, 5) is 30.7. The molecule has 0 aromatic heterocycles. The molecule has 0 bridgehead atoms. The standard InChI is InChI=1S/C22H32N2O5.2Na/c1-12(2)17(20(26)27)23-10-14-8-16(22(5,6)7)9-15(19(14)25)11-24-18(13(3)4)21(28)29;;/h8-13,17-18,25H,1-7H3,(H,26,27)(H,28,29);;/q;2*+1/p-2/t17-,18-;;/m0../s1. The molecule has 0 aliphatic rings. The van der Waals surface area contributed by atoms with Crippen LogP contribution in [0.3, 0.4) is 0 Å². The largest absolute Gasteiger partial charge is 1.00 e. The monoisotopic (exact) mass is 448 g/mol. The summed E-state index contributed by atoms with van der Waals surface area (Å²) in [5.74, 6) is -3.30. The average Bonchev–Trinajstić information content (AvgIpc) is 2.55. The number of carboxylic acid groups (broad SMARTS) is 2. The number of phenols is 1. The van der Waals surface area contributed by atoms with Crippen LogP contribution in [0.1, 0.15) is 65.2 Å². The maximum atomic E-state index is 11.3. The molecular formula is C22H30N2Na2O5. The number of aromatic hydroxyl groups is 1. The number of rotatable bonds is 8. The molecular weight excluding hydrogens is 418 g/mol. The van der Waals surface area contributed by atoms with E-state index in [1.807, 2.05) is 20.8 Å². The van der Waals surface area contributed by atoms with Gasteiger partial charge in [-0.05, 0) is 34.9 Å². The first-order valence-electron chi connectivity index (χ1n) is 9.61. The summed E-state index contributed by atoms with van der Waals surface area (Å²) in [6.45, 7) is 12.8. The topological polar surface area (TPSA) is 125 Å². The molecule has 1 aromatic carbocycles. The van der Waals surface area contributed by atoms with E-state index in [0.717, 1.165) is 5.56 Å². The number of phenolic OH excluding ortho intramolecular Hbond substituents is 1. The molecule has 0 amide bonds. The molecule has 0 heterocycles. The quantitative estimate of drug-likeness (QED) is 0.315. The number of aliphatic imine (C=N–C) groups is 2. The minimum atomic E-state index is -1.29. The van der Waals surface area contributed by atoms with Gasteiger partial charge in [-0.1, -0.05) is 48.5 Å². The van der Waals surface area contributed by atoms with Crippen LogP contribution in [0.25, 0.3) is 0 Å².